The van der Waals surface area contributed by atoms with E-state index in [1.165, 1.54) is 5.56 Å². The van der Waals surface area contributed by atoms with Crippen LogP contribution in [0.15, 0.2) is 48.7 Å². The molecule has 3 rings (SSSR count). The maximum atomic E-state index is 12.2. The molecule has 0 aliphatic rings. The third-order valence-corrected chi connectivity index (χ3v) is 3.75. The third kappa shape index (κ3) is 2.87. The molecule has 0 spiro atoms. The summed E-state index contributed by atoms with van der Waals surface area (Å²) in [5.41, 5.74) is 4.70. The Morgan fingerprint density at radius 2 is 2.05 bits per heavy atom. The number of hydrogen-bond acceptors (Lipinski definition) is 2. The zero-order valence-electron chi connectivity index (χ0n) is 12.4. The van der Waals surface area contributed by atoms with Crippen LogP contribution >= 0.6 is 0 Å². The minimum atomic E-state index is -0.0718. The molecule has 0 saturated carbocycles. The number of anilines is 1. The van der Waals surface area contributed by atoms with Crippen LogP contribution in [0.5, 0.6) is 0 Å². The van der Waals surface area contributed by atoms with Gasteiger partial charge in [-0.15, -0.1) is 0 Å². The van der Waals surface area contributed by atoms with Gasteiger partial charge in [0.15, 0.2) is 0 Å². The molecule has 1 aromatic heterocycles. The number of para-hydroxylation sites is 1. The molecular weight excluding hydrogens is 276 g/mol. The van der Waals surface area contributed by atoms with Crippen LogP contribution in [0.4, 0.5) is 5.69 Å². The van der Waals surface area contributed by atoms with Crippen molar-refractivity contribution in [2.24, 2.45) is 0 Å². The van der Waals surface area contributed by atoms with E-state index in [-0.39, 0.29) is 12.5 Å². The minimum Gasteiger partial charge on any atom is -0.392 e. The van der Waals surface area contributed by atoms with Gasteiger partial charge in [-0.1, -0.05) is 30.3 Å². The number of carbonyl (C=O) groups is 1. The number of aliphatic hydroxyl groups excluding tert-OH is 1. The quantitative estimate of drug-likeness (QED) is 0.692. The number of nitrogens with one attached hydrogen (secondary N) is 2. The highest BCUT2D eigenvalue weighted by atomic mass is 16.3. The predicted molar refractivity (Wildman–Crippen MR) is 87.7 cm³/mol. The molecule has 0 bridgehead atoms. The number of benzene rings is 2. The maximum absolute atomic E-state index is 12.2. The van der Waals surface area contributed by atoms with Crippen molar-refractivity contribution >= 4 is 22.5 Å². The summed E-state index contributed by atoms with van der Waals surface area (Å²) in [6, 6.07) is 13.3. The number of hydrogen-bond donors (Lipinski definition) is 3. The highest BCUT2D eigenvalue weighted by Gasteiger charge is 2.10. The summed E-state index contributed by atoms with van der Waals surface area (Å²) in [4.78, 5) is 15.5. The standard InChI is InChI=1S/C18H18N2O2/c1-12-4-2-7-16-14(10-19-18(12)16)9-17(22)20-15-6-3-5-13(8-15)11-21/h2-8,10,19,21H,9,11H2,1H3,(H,20,22). The Hall–Kier alpha value is -2.59. The maximum Gasteiger partial charge on any atom is 0.228 e. The van der Waals surface area contributed by atoms with Gasteiger partial charge in [0.2, 0.25) is 5.91 Å². The van der Waals surface area contributed by atoms with Crippen molar-refractivity contribution in [3.05, 3.63) is 65.4 Å². The monoisotopic (exact) mass is 294 g/mol. The molecule has 1 amide bonds. The Morgan fingerprint density at radius 3 is 2.86 bits per heavy atom. The lowest BCUT2D eigenvalue weighted by molar-refractivity contribution is -0.115. The van der Waals surface area contributed by atoms with Crippen LogP contribution in [0.2, 0.25) is 0 Å². The lowest BCUT2D eigenvalue weighted by Crippen LogP contribution is -2.14. The SMILES string of the molecule is Cc1cccc2c(CC(=O)Nc3cccc(CO)c3)c[nH]c12. The van der Waals surface area contributed by atoms with Gasteiger partial charge >= 0.3 is 0 Å². The number of aromatic nitrogens is 1. The smallest absolute Gasteiger partial charge is 0.228 e. The fraction of sp³-hybridized carbons (Fsp3) is 0.167. The number of rotatable bonds is 4. The molecule has 3 aromatic rings. The van der Waals surface area contributed by atoms with E-state index in [0.717, 1.165) is 22.0 Å². The topological polar surface area (TPSA) is 65.1 Å². The van der Waals surface area contributed by atoms with Gasteiger partial charge in [0.1, 0.15) is 0 Å². The molecule has 0 aliphatic heterocycles. The molecule has 4 heteroatoms. The third-order valence-electron chi connectivity index (χ3n) is 3.75. The number of aryl methyl sites for hydroxylation is 1. The van der Waals surface area contributed by atoms with Crippen LogP contribution in [0, 0.1) is 6.92 Å². The van der Waals surface area contributed by atoms with Crippen LogP contribution in [0.1, 0.15) is 16.7 Å². The predicted octanol–water partition coefficient (Wildman–Crippen LogP) is 3.15. The second-order valence-electron chi connectivity index (χ2n) is 5.39. The largest absolute Gasteiger partial charge is 0.392 e. The van der Waals surface area contributed by atoms with Crippen molar-refractivity contribution in [2.45, 2.75) is 20.0 Å². The van der Waals surface area contributed by atoms with Gasteiger partial charge in [0.05, 0.1) is 13.0 Å². The van der Waals surface area contributed by atoms with Gasteiger partial charge < -0.3 is 15.4 Å². The summed E-state index contributed by atoms with van der Waals surface area (Å²) in [7, 11) is 0. The van der Waals surface area contributed by atoms with Gasteiger partial charge in [-0.3, -0.25) is 4.79 Å². The van der Waals surface area contributed by atoms with Crippen LogP contribution in [0.25, 0.3) is 10.9 Å². The van der Waals surface area contributed by atoms with E-state index >= 15 is 0 Å². The Kier molecular flexibility index (Phi) is 3.94. The summed E-state index contributed by atoms with van der Waals surface area (Å²) < 4.78 is 0. The number of fused-ring (bicyclic) bond motifs is 1. The first kappa shape index (κ1) is 14.4. The summed E-state index contributed by atoms with van der Waals surface area (Å²) in [6.45, 7) is 2.01. The molecule has 0 aliphatic carbocycles. The summed E-state index contributed by atoms with van der Waals surface area (Å²) >= 11 is 0. The molecule has 3 N–H and O–H groups in total. The first-order valence-corrected chi connectivity index (χ1v) is 7.22. The minimum absolute atomic E-state index is 0.0363. The zero-order chi connectivity index (χ0) is 15.5. The molecular formula is C18H18N2O2. The molecule has 2 aromatic carbocycles. The Bertz CT molecular complexity index is 821. The Balaban J connectivity index is 1.77. The van der Waals surface area contributed by atoms with E-state index in [1.54, 1.807) is 6.07 Å². The second kappa shape index (κ2) is 6.03. The molecule has 0 radical (unpaired) electrons. The van der Waals surface area contributed by atoms with Crippen LogP contribution in [-0.2, 0) is 17.8 Å². The van der Waals surface area contributed by atoms with Gasteiger partial charge in [-0.05, 0) is 35.7 Å². The van der Waals surface area contributed by atoms with E-state index in [2.05, 4.69) is 10.3 Å². The number of aliphatic hydroxyl groups is 1. The highest BCUT2D eigenvalue weighted by molar-refractivity contribution is 5.96. The van der Waals surface area contributed by atoms with Crippen molar-refractivity contribution in [2.75, 3.05) is 5.32 Å². The van der Waals surface area contributed by atoms with E-state index in [1.807, 2.05) is 49.5 Å². The molecule has 0 saturated heterocycles. The first-order valence-electron chi connectivity index (χ1n) is 7.22. The van der Waals surface area contributed by atoms with Crippen molar-refractivity contribution in [1.29, 1.82) is 0 Å². The number of amides is 1. The second-order valence-corrected chi connectivity index (χ2v) is 5.39. The van der Waals surface area contributed by atoms with Crippen molar-refractivity contribution < 1.29 is 9.90 Å². The fourth-order valence-corrected chi connectivity index (χ4v) is 2.64. The van der Waals surface area contributed by atoms with Crippen LogP contribution in [0.3, 0.4) is 0 Å². The average molecular weight is 294 g/mol. The molecule has 4 nitrogen and oxygen atoms in total. The summed E-state index contributed by atoms with van der Waals surface area (Å²) in [6.07, 6.45) is 2.20. The van der Waals surface area contributed by atoms with Gasteiger partial charge in [0, 0.05) is 22.8 Å². The average Bonchev–Trinajstić information content (AvgIpc) is 2.92. The van der Waals surface area contributed by atoms with E-state index < -0.39 is 0 Å². The molecule has 0 unspecified atom stereocenters. The Labute approximate surface area is 128 Å². The van der Waals surface area contributed by atoms with Crippen LogP contribution in [-0.4, -0.2) is 16.0 Å². The zero-order valence-corrected chi connectivity index (χ0v) is 12.4. The number of H-pyrrole nitrogens is 1. The number of aromatic amines is 1. The van der Waals surface area contributed by atoms with Gasteiger partial charge in [-0.25, -0.2) is 0 Å². The lowest BCUT2D eigenvalue weighted by atomic mass is 10.1. The Morgan fingerprint density at radius 1 is 1.23 bits per heavy atom. The van der Waals surface area contributed by atoms with Crippen molar-refractivity contribution in [3.8, 4) is 0 Å². The van der Waals surface area contributed by atoms with Gasteiger partial charge in [0.25, 0.3) is 0 Å². The van der Waals surface area contributed by atoms with E-state index in [9.17, 15) is 4.79 Å². The van der Waals surface area contributed by atoms with Gasteiger partial charge in [-0.2, -0.15) is 0 Å². The summed E-state index contributed by atoms with van der Waals surface area (Å²) in [5.74, 6) is -0.0718. The molecule has 0 fully saturated rings. The number of carbonyl (C=O) groups excluding carboxylic acids is 1. The molecule has 0 atom stereocenters. The lowest BCUT2D eigenvalue weighted by Gasteiger charge is -2.06. The van der Waals surface area contributed by atoms with E-state index in [4.69, 9.17) is 5.11 Å². The van der Waals surface area contributed by atoms with Crippen LogP contribution < -0.4 is 5.32 Å². The fourth-order valence-electron chi connectivity index (χ4n) is 2.64. The normalized spacial score (nSPS) is 10.8. The van der Waals surface area contributed by atoms with Crippen molar-refractivity contribution in [1.82, 2.24) is 4.98 Å². The first-order chi connectivity index (χ1) is 10.7. The molecule has 22 heavy (non-hydrogen) atoms. The molecule has 1 heterocycles. The highest BCUT2D eigenvalue weighted by Crippen LogP contribution is 2.22. The summed E-state index contributed by atoms with van der Waals surface area (Å²) in [5, 5.41) is 13.1. The molecule has 112 valence electrons. The van der Waals surface area contributed by atoms with Crippen molar-refractivity contribution in [3.63, 3.8) is 0 Å². The van der Waals surface area contributed by atoms with E-state index in [0.29, 0.717) is 12.1 Å².